The van der Waals surface area contributed by atoms with Gasteiger partial charge in [0.1, 0.15) is 0 Å². The zero-order valence-electron chi connectivity index (χ0n) is 10.6. The largest absolute Gasteiger partial charge is 0.330 e. The summed E-state index contributed by atoms with van der Waals surface area (Å²) in [6.07, 6.45) is 2.53. The van der Waals surface area contributed by atoms with Crippen molar-refractivity contribution in [2.24, 2.45) is 5.73 Å². The standard InChI is InChI=1S/C13H17N3O2.ClH/c14-7-6-13(18)15-10-4-5-11-9(8-10)2-1-3-12(17)16-11;/h4-5,8H,1-3,6-7,14H2,(H,15,18)(H,16,17);1H. The van der Waals surface area contributed by atoms with Gasteiger partial charge in [0, 0.05) is 30.8 Å². The number of hydrogen-bond donors (Lipinski definition) is 3. The highest BCUT2D eigenvalue weighted by atomic mass is 35.5. The van der Waals surface area contributed by atoms with Crippen LogP contribution in [0.5, 0.6) is 0 Å². The number of rotatable bonds is 3. The number of carbonyl (C=O) groups is 2. The van der Waals surface area contributed by atoms with Gasteiger partial charge in [0.2, 0.25) is 11.8 Å². The van der Waals surface area contributed by atoms with Crippen molar-refractivity contribution in [3.8, 4) is 0 Å². The maximum Gasteiger partial charge on any atom is 0.225 e. The van der Waals surface area contributed by atoms with Gasteiger partial charge in [-0.3, -0.25) is 9.59 Å². The monoisotopic (exact) mass is 283 g/mol. The molecule has 104 valence electrons. The number of halogens is 1. The van der Waals surface area contributed by atoms with Crippen LogP contribution in [0.3, 0.4) is 0 Å². The van der Waals surface area contributed by atoms with Gasteiger partial charge < -0.3 is 16.4 Å². The van der Waals surface area contributed by atoms with Crippen LogP contribution in [0.4, 0.5) is 11.4 Å². The molecule has 0 aromatic heterocycles. The fourth-order valence-corrected chi connectivity index (χ4v) is 2.01. The predicted molar refractivity (Wildman–Crippen MR) is 77.6 cm³/mol. The molecule has 2 rings (SSSR count). The molecule has 0 radical (unpaired) electrons. The lowest BCUT2D eigenvalue weighted by molar-refractivity contribution is -0.116. The van der Waals surface area contributed by atoms with Gasteiger partial charge >= 0.3 is 0 Å². The molecule has 5 nitrogen and oxygen atoms in total. The molecule has 1 aromatic rings. The van der Waals surface area contributed by atoms with E-state index in [1.807, 2.05) is 12.1 Å². The molecule has 1 aliphatic heterocycles. The molecule has 0 unspecified atom stereocenters. The van der Waals surface area contributed by atoms with Crippen molar-refractivity contribution < 1.29 is 9.59 Å². The number of anilines is 2. The third-order valence-electron chi connectivity index (χ3n) is 2.88. The van der Waals surface area contributed by atoms with Gasteiger partial charge in [0.25, 0.3) is 0 Å². The van der Waals surface area contributed by atoms with Crippen LogP contribution >= 0.6 is 12.4 Å². The van der Waals surface area contributed by atoms with Crippen molar-refractivity contribution in [2.75, 3.05) is 17.2 Å². The number of fused-ring (bicyclic) bond motifs is 1. The summed E-state index contributed by atoms with van der Waals surface area (Å²) in [4.78, 5) is 22.8. The Kier molecular flexibility index (Phi) is 5.79. The van der Waals surface area contributed by atoms with Gasteiger partial charge in [-0.1, -0.05) is 0 Å². The average Bonchev–Trinajstić information content (AvgIpc) is 2.50. The van der Waals surface area contributed by atoms with Crippen LogP contribution < -0.4 is 16.4 Å². The molecule has 0 spiro atoms. The lowest BCUT2D eigenvalue weighted by atomic mass is 10.1. The van der Waals surface area contributed by atoms with Gasteiger partial charge in [-0.2, -0.15) is 0 Å². The first-order chi connectivity index (χ1) is 8.69. The first-order valence-electron chi connectivity index (χ1n) is 6.12. The van der Waals surface area contributed by atoms with Crippen LogP contribution in [0.25, 0.3) is 0 Å². The molecule has 1 heterocycles. The fraction of sp³-hybridized carbons (Fsp3) is 0.385. The fourth-order valence-electron chi connectivity index (χ4n) is 2.01. The Balaban J connectivity index is 0.00000180. The first kappa shape index (κ1) is 15.5. The van der Waals surface area contributed by atoms with E-state index >= 15 is 0 Å². The normalized spacial score (nSPS) is 13.6. The minimum Gasteiger partial charge on any atom is -0.330 e. The summed E-state index contributed by atoms with van der Waals surface area (Å²) < 4.78 is 0. The Morgan fingerprint density at radius 3 is 2.89 bits per heavy atom. The summed E-state index contributed by atoms with van der Waals surface area (Å²) in [5.41, 5.74) is 7.98. The van der Waals surface area contributed by atoms with Crippen LogP contribution in [0, 0.1) is 0 Å². The second-order valence-corrected chi connectivity index (χ2v) is 4.36. The van der Waals surface area contributed by atoms with Crippen molar-refractivity contribution in [3.63, 3.8) is 0 Å². The molecule has 19 heavy (non-hydrogen) atoms. The highest BCUT2D eigenvalue weighted by molar-refractivity contribution is 5.94. The number of nitrogens with two attached hydrogens (primary N) is 1. The number of amides is 2. The zero-order chi connectivity index (χ0) is 13.0. The van der Waals surface area contributed by atoms with E-state index in [1.165, 1.54) is 0 Å². The number of carbonyl (C=O) groups excluding carboxylic acids is 2. The summed E-state index contributed by atoms with van der Waals surface area (Å²) in [6, 6.07) is 5.53. The zero-order valence-corrected chi connectivity index (χ0v) is 11.4. The minimum absolute atomic E-state index is 0. The highest BCUT2D eigenvalue weighted by Crippen LogP contribution is 2.25. The molecular weight excluding hydrogens is 266 g/mol. The molecule has 2 amide bonds. The summed E-state index contributed by atoms with van der Waals surface area (Å²) in [5.74, 6) is -0.0382. The summed E-state index contributed by atoms with van der Waals surface area (Å²) in [7, 11) is 0. The number of benzene rings is 1. The van der Waals surface area contributed by atoms with Gasteiger partial charge in [-0.05, 0) is 36.6 Å². The van der Waals surface area contributed by atoms with E-state index in [9.17, 15) is 9.59 Å². The Morgan fingerprint density at radius 2 is 2.16 bits per heavy atom. The molecule has 0 aliphatic carbocycles. The molecule has 0 saturated carbocycles. The third kappa shape index (κ3) is 4.22. The van der Waals surface area contributed by atoms with Crippen molar-refractivity contribution in [2.45, 2.75) is 25.7 Å². The number of nitrogens with one attached hydrogen (secondary N) is 2. The van der Waals surface area contributed by atoms with Crippen LogP contribution in [-0.4, -0.2) is 18.4 Å². The maximum absolute atomic E-state index is 11.4. The second kappa shape index (κ2) is 7.11. The van der Waals surface area contributed by atoms with Crippen LogP contribution in [0.15, 0.2) is 18.2 Å². The molecule has 1 aromatic carbocycles. The van der Waals surface area contributed by atoms with Crippen LogP contribution in [-0.2, 0) is 16.0 Å². The molecule has 0 bridgehead atoms. The summed E-state index contributed by atoms with van der Waals surface area (Å²) in [6.45, 7) is 0.340. The molecule has 6 heteroatoms. The van der Waals surface area contributed by atoms with E-state index in [0.29, 0.717) is 19.4 Å². The van der Waals surface area contributed by atoms with E-state index in [4.69, 9.17) is 5.73 Å². The van der Waals surface area contributed by atoms with Crippen molar-refractivity contribution in [3.05, 3.63) is 23.8 Å². The Labute approximate surface area is 118 Å². The maximum atomic E-state index is 11.4. The average molecular weight is 284 g/mol. The lowest BCUT2D eigenvalue weighted by Gasteiger charge is -2.10. The molecular formula is C13H18ClN3O2. The Morgan fingerprint density at radius 1 is 1.37 bits per heavy atom. The van der Waals surface area contributed by atoms with Crippen molar-refractivity contribution in [1.29, 1.82) is 0 Å². The second-order valence-electron chi connectivity index (χ2n) is 4.36. The van der Waals surface area contributed by atoms with Crippen molar-refractivity contribution >= 4 is 35.6 Å². The topological polar surface area (TPSA) is 84.2 Å². The van der Waals surface area contributed by atoms with Crippen LogP contribution in [0.1, 0.15) is 24.8 Å². The highest BCUT2D eigenvalue weighted by Gasteiger charge is 2.13. The van der Waals surface area contributed by atoms with E-state index in [0.717, 1.165) is 29.8 Å². The SMILES string of the molecule is Cl.NCCC(=O)Nc1ccc2c(c1)CCCC(=O)N2. The molecule has 0 saturated heterocycles. The Hall–Kier alpha value is -1.59. The van der Waals surface area contributed by atoms with Gasteiger partial charge in [0.15, 0.2) is 0 Å². The predicted octanol–water partition coefficient (Wildman–Crippen LogP) is 1.67. The van der Waals surface area contributed by atoms with E-state index in [2.05, 4.69) is 10.6 Å². The van der Waals surface area contributed by atoms with Gasteiger partial charge in [0.05, 0.1) is 0 Å². The summed E-state index contributed by atoms with van der Waals surface area (Å²) >= 11 is 0. The quantitative estimate of drug-likeness (QED) is 0.789. The number of hydrogen-bond acceptors (Lipinski definition) is 3. The molecule has 4 N–H and O–H groups in total. The minimum atomic E-state index is -0.0879. The smallest absolute Gasteiger partial charge is 0.225 e. The van der Waals surface area contributed by atoms with Crippen LogP contribution in [0.2, 0.25) is 0 Å². The van der Waals surface area contributed by atoms with E-state index in [-0.39, 0.29) is 24.2 Å². The van der Waals surface area contributed by atoms with Crippen molar-refractivity contribution in [1.82, 2.24) is 0 Å². The number of aryl methyl sites for hydroxylation is 1. The van der Waals surface area contributed by atoms with E-state index in [1.54, 1.807) is 6.07 Å². The lowest BCUT2D eigenvalue weighted by Crippen LogP contribution is -2.16. The summed E-state index contributed by atoms with van der Waals surface area (Å²) in [5, 5.41) is 5.65. The van der Waals surface area contributed by atoms with Gasteiger partial charge in [-0.15, -0.1) is 12.4 Å². The van der Waals surface area contributed by atoms with Gasteiger partial charge in [-0.25, -0.2) is 0 Å². The molecule has 0 fully saturated rings. The third-order valence-corrected chi connectivity index (χ3v) is 2.88. The molecule has 0 atom stereocenters. The van der Waals surface area contributed by atoms with E-state index < -0.39 is 0 Å². The first-order valence-corrected chi connectivity index (χ1v) is 6.12. The molecule has 1 aliphatic rings. The Bertz CT molecular complexity index is 477.